The van der Waals surface area contributed by atoms with Crippen molar-refractivity contribution >= 4 is 43.2 Å². The molecule has 9 nitrogen and oxygen atoms in total. The Balaban J connectivity index is 1.20. The molecule has 7 aromatic rings. The molecule has 11 heteroatoms. The molecule has 4 heterocycles. The summed E-state index contributed by atoms with van der Waals surface area (Å²) in [5.74, 6) is -0.654. The van der Waals surface area contributed by atoms with E-state index in [1.54, 1.807) is 24.7 Å². The van der Waals surface area contributed by atoms with Gasteiger partial charge in [0.05, 0.1) is 41.0 Å². The van der Waals surface area contributed by atoms with E-state index in [0.717, 1.165) is 44.2 Å². The lowest BCUT2D eigenvalue weighted by Gasteiger charge is -2.08. The molecule has 0 aliphatic carbocycles. The Morgan fingerprint density at radius 1 is 0.830 bits per heavy atom. The second-order valence-electron chi connectivity index (χ2n) is 11.5. The summed E-state index contributed by atoms with van der Waals surface area (Å²) in [5, 5.41) is 12.3. The van der Waals surface area contributed by atoms with Crippen molar-refractivity contribution in [1.29, 1.82) is 0 Å². The number of aromatic nitrogens is 5. The summed E-state index contributed by atoms with van der Waals surface area (Å²) in [6, 6.07) is 25.7. The Morgan fingerprint density at radius 2 is 1.66 bits per heavy atom. The number of aromatic amines is 2. The molecule has 0 bridgehead atoms. The lowest BCUT2D eigenvalue weighted by atomic mass is 10.0. The third-order valence-electron chi connectivity index (χ3n) is 7.92. The largest absolute Gasteiger partial charge is 0.353 e. The average molecular weight is 645 g/mol. The highest BCUT2D eigenvalue weighted by molar-refractivity contribution is 7.90. The number of halogens is 1. The van der Waals surface area contributed by atoms with E-state index in [0.29, 0.717) is 28.2 Å². The fourth-order valence-corrected chi connectivity index (χ4v) is 6.30. The highest BCUT2D eigenvalue weighted by Gasteiger charge is 2.17. The first-order valence-electron chi connectivity index (χ1n) is 14.9. The van der Waals surface area contributed by atoms with Gasteiger partial charge in [-0.1, -0.05) is 36.4 Å². The molecular formula is C36H29FN6O3S. The smallest absolute Gasteiger partial charge is 0.228 e. The molecule has 0 atom stereocenters. The first-order valence-corrected chi connectivity index (χ1v) is 17.0. The molecule has 0 saturated heterocycles. The maximum atomic E-state index is 14.7. The molecule has 4 aromatic heterocycles. The quantitative estimate of drug-likeness (QED) is 0.159. The van der Waals surface area contributed by atoms with Gasteiger partial charge in [0, 0.05) is 46.1 Å². The van der Waals surface area contributed by atoms with Crippen LogP contribution < -0.4 is 5.32 Å². The van der Waals surface area contributed by atoms with Gasteiger partial charge >= 0.3 is 0 Å². The summed E-state index contributed by atoms with van der Waals surface area (Å²) in [4.78, 5) is 25.0. The van der Waals surface area contributed by atoms with Crippen LogP contribution in [-0.4, -0.2) is 51.5 Å². The topological polar surface area (TPSA) is 133 Å². The fourth-order valence-electron chi connectivity index (χ4n) is 5.70. The number of nitrogens with one attached hydrogen (secondary N) is 3. The number of benzene rings is 3. The lowest BCUT2D eigenvalue weighted by Crippen LogP contribution is -2.14. The minimum absolute atomic E-state index is 0.0701. The Morgan fingerprint density at radius 3 is 2.49 bits per heavy atom. The van der Waals surface area contributed by atoms with Crippen molar-refractivity contribution in [2.24, 2.45) is 0 Å². The summed E-state index contributed by atoms with van der Waals surface area (Å²) >= 11 is 0. The number of anilines is 1. The number of hydrogen-bond acceptors (Lipinski definition) is 6. The zero-order valence-corrected chi connectivity index (χ0v) is 26.1. The zero-order chi connectivity index (χ0) is 32.5. The van der Waals surface area contributed by atoms with Crippen molar-refractivity contribution in [2.45, 2.75) is 12.8 Å². The van der Waals surface area contributed by atoms with Crippen molar-refractivity contribution in [3.8, 4) is 33.8 Å². The molecule has 0 aliphatic heterocycles. The zero-order valence-electron chi connectivity index (χ0n) is 25.3. The van der Waals surface area contributed by atoms with Gasteiger partial charge < -0.3 is 10.3 Å². The van der Waals surface area contributed by atoms with Crippen molar-refractivity contribution in [1.82, 2.24) is 25.1 Å². The van der Waals surface area contributed by atoms with Crippen LogP contribution in [0.15, 0.2) is 104 Å². The summed E-state index contributed by atoms with van der Waals surface area (Å²) in [7, 11) is -3.20. The van der Waals surface area contributed by atoms with Gasteiger partial charge in [0.15, 0.2) is 0 Å². The van der Waals surface area contributed by atoms with Gasteiger partial charge in [0.2, 0.25) is 5.91 Å². The van der Waals surface area contributed by atoms with Gasteiger partial charge in [-0.05, 0) is 71.6 Å². The number of H-pyrrole nitrogens is 2. The maximum absolute atomic E-state index is 14.7. The van der Waals surface area contributed by atoms with Gasteiger partial charge in [-0.2, -0.15) is 5.10 Å². The first-order chi connectivity index (χ1) is 22.7. The molecule has 0 radical (unpaired) electrons. The van der Waals surface area contributed by atoms with Gasteiger partial charge in [-0.3, -0.25) is 19.9 Å². The standard InChI is InChI=1S/C36H29FN6O3S/c1-47(45,46)12-10-23-13-25(16-27(37)14-23)35-30-19-33(41-31(30)9-11-39-35)36-29-18-24(7-8-32(29)42-43-36)26-17-28(21-38-20-26)40-34(44)15-22-5-3-2-4-6-22/h2-9,11,13-14,16-21,41H,10,12,15H2,1H3,(H,40,44)(H,42,43). The molecule has 7 rings (SSSR count). The number of carbonyl (C=O) groups excluding carboxylic acids is 1. The molecular weight excluding hydrogens is 616 g/mol. The molecule has 47 heavy (non-hydrogen) atoms. The molecule has 0 aliphatic rings. The Labute approximate surface area is 269 Å². The van der Waals surface area contributed by atoms with Crippen LogP contribution >= 0.6 is 0 Å². The van der Waals surface area contributed by atoms with Crippen LogP contribution in [0, 0.1) is 5.82 Å². The van der Waals surface area contributed by atoms with Crippen LogP contribution in [0.25, 0.3) is 55.6 Å². The van der Waals surface area contributed by atoms with Crippen molar-refractivity contribution in [3.05, 3.63) is 120 Å². The van der Waals surface area contributed by atoms with E-state index in [1.807, 2.05) is 66.7 Å². The van der Waals surface area contributed by atoms with Gasteiger partial charge in [0.25, 0.3) is 0 Å². The first kappa shape index (κ1) is 30.0. The molecule has 0 fully saturated rings. The number of pyridine rings is 2. The Bertz CT molecular complexity index is 2390. The molecule has 3 N–H and O–H groups in total. The Kier molecular flexibility index (Phi) is 7.82. The van der Waals surface area contributed by atoms with Gasteiger partial charge in [0.1, 0.15) is 21.3 Å². The van der Waals surface area contributed by atoms with E-state index >= 15 is 0 Å². The van der Waals surface area contributed by atoms with E-state index in [4.69, 9.17) is 0 Å². The molecule has 0 saturated carbocycles. The van der Waals surface area contributed by atoms with Crippen LogP contribution in [0.1, 0.15) is 11.1 Å². The van der Waals surface area contributed by atoms with Crippen molar-refractivity contribution < 1.29 is 17.6 Å². The maximum Gasteiger partial charge on any atom is 0.228 e. The number of amides is 1. The summed E-state index contributed by atoms with van der Waals surface area (Å²) in [6.07, 6.45) is 6.66. The SMILES string of the molecule is CS(=O)(=O)CCc1cc(F)cc(-c2nccc3[nH]c(-c4n[nH]c5ccc(-c6cncc(NC(=O)Cc7ccccc7)c6)cc45)cc23)c1. The molecule has 0 unspecified atom stereocenters. The number of sulfone groups is 1. The second kappa shape index (κ2) is 12.3. The average Bonchev–Trinajstić information content (AvgIpc) is 3.68. The normalized spacial score (nSPS) is 11.7. The van der Waals surface area contributed by atoms with Crippen LogP contribution in [0.5, 0.6) is 0 Å². The number of hydrogen-bond donors (Lipinski definition) is 3. The van der Waals surface area contributed by atoms with E-state index in [2.05, 4.69) is 30.5 Å². The van der Waals surface area contributed by atoms with Crippen LogP contribution in [0.4, 0.5) is 10.1 Å². The van der Waals surface area contributed by atoms with Crippen molar-refractivity contribution in [3.63, 3.8) is 0 Å². The predicted molar refractivity (Wildman–Crippen MR) is 182 cm³/mol. The highest BCUT2D eigenvalue weighted by Crippen LogP contribution is 2.35. The minimum atomic E-state index is -3.20. The fraction of sp³-hybridized carbons (Fsp3) is 0.111. The summed E-state index contributed by atoms with van der Waals surface area (Å²) < 4.78 is 38.1. The van der Waals surface area contributed by atoms with Crippen molar-refractivity contribution in [2.75, 3.05) is 17.3 Å². The van der Waals surface area contributed by atoms with Crippen LogP contribution in [0.3, 0.4) is 0 Å². The predicted octanol–water partition coefficient (Wildman–Crippen LogP) is 6.74. The van der Waals surface area contributed by atoms with Crippen LogP contribution in [-0.2, 0) is 27.5 Å². The minimum Gasteiger partial charge on any atom is -0.353 e. The van der Waals surface area contributed by atoms with E-state index in [9.17, 15) is 17.6 Å². The number of carbonyl (C=O) groups is 1. The van der Waals surface area contributed by atoms with Gasteiger partial charge in [-0.25, -0.2) is 12.8 Å². The van der Waals surface area contributed by atoms with E-state index in [1.165, 1.54) is 18.4 Å². The van der Waals surface area contributed by atoms with Gasteiger partial charge in [-0.15, -0.1) is 0 Å². The molecule has 3 aromatic carbocycles. The third-order valence-corrected chi connectivity index (χ3v) is 8.87. The number of fused-ring (bicyclic) bond motifs is 2. The number of nitrogens with zero attached hydrogens (tertiary/aromatic N) is 3. The van der Waals surface area contributed by atoms with E-state index in [-0.39, 0.29) is 24.5 Å². The molecule has 0 spiro atoms. The summed E-state index contributed by atoms with van der Waals surface area (Å²) in [5.41, 5.74) is 8.03. The second-order valence-corrected chi connectivity index (χ2v) is 13.8. The summed E-state index contributed by atoms with van der Waals surface area (Å²) in [6.45, 7) is 0. The lowest BCUT2D eigenvalue weighted by molar-refractivity contribution is -0.115. The third kappa shape index (κ3) is 6.66. The highest BCUT2D eigenvalue weighted by atomic mass is 32.2. The molecule has 1 amide bonds. The van der Waals surface area contributed by atoms with Crippen LogP contribution in [0.2, 0.25) is 0 Å². The Hall–Kier alpha value is -5.68. The molecule has 234 valence electrons. The number of rotatable bonds is 9. The number of aryl methyl sites for hydroxylation is 1. The monoisotopic (exact) mass is 644 g/mol. The van der Waals surface area contributed by atoms with E-state index < -0.39 is 15.7 Å².